The standard InChI is InChI=1S/C19H25N3O4S.C15H16N4O2S.C14H17N3O2S.C10H10N2OS.C9H17NO4.C7H9BO3.C3H3BrN2S.ClH/c1-19(2,3)26-18(24)20-11-7-10-15(23)22-16-12-21-17(27-16)13-8-5-6-9-14(13)25-4;1-21-12-6-3-2-5-11(12)15-18-9-14(22-15)19-13(20)7-4-8-17-10-16;1-19-11-6-3-2-5-10(11)14-16-9-13(20-14)17-12(18)7-4-8-15;1-13-8-5-3-2-4-7(8)10-12-6-9(11)14-10;1-9(2,3)14-8(13)10-6-4-5-7(11)12;1-11-7-5-3-2-4-6(7)8(9)10;4-3-6-1-2(5)7-3;/h5-6,8-9,12H,7,10-11H2,1-4H3,(H,20,24)(H,22,23);2-3,5-6,9,17H,4,7-8H2,1H3,(H,19,20);2-3,5-6,9H,4,7-8,15H2,1H3,(H,17,18);2-6H,11H2,1H3;4-6H2,1-3H3,(H,10,13)(H,11,12);2-5,9-10H,1H3;1H,5H2;1H. The van der Waals surface area contributed by atoms with E-state index >= 15 is 0 Å². The first-order chi connectivity index (χ1) is 54.9. The number of alkyl carbamates (subject to hydrolysis) is 2. The number of amides is 5. The number of benzene rings is 5. The molecule has 0 saturated carbocycles. The highest BCUT2D eigenvalue weighted by molar-refractivity contribution is 9.11. The molecule has 624 valence electrons. The molecule has 116 heavy (non-hydrogen) atoms. The van der Waals surface area contributed by atoms with E-state index in [4.69, 9.17) is 70.8 Å². The van der Waals surface area contributed by atoms with Gasteiger partial charge in [0.25, 0.3) is 0 Å². The summed E-state index contributed by atoms with van der Waals surface area (Å²) in [7, 11) is 6.52. The normalized spacial score (nSPS) is 10.2. The number of aliphatic carboxylic acids is 1. The average molecular weight is 1780 g/mol. The predicted molar refractivity (Wildman–Crippen MR) is 467 cm³/mol. The average Bonchev–Trinajstić information content (AvgIpc) is 1.68. The number of nitrogen functional groups attached to an aromatic ring is 2. The lowest BCUT2D eigenvalue weighted by Gasteiger charge is -2.19. The van der Waals surface area contributed by atoms with E-state index in [1.165, 1.54) is 63.8 Å². The van der Waals surface area contributed by atoms with E-state index < -0.39 is 36.5 Å². The molecule has 5 aromatic heterocycles. The van der Waals surface area contributed by atoms with Crippen LogP contribution in [0.5, 0.6) is 28.7 Å². The van der Waals surface area contributed by atoms with Crippen LogP contribution in [0.3, 0.4) is 0 Å². The van der Waals surface area contributed by atoms with Crippen molar-refractivity contribution in [3.63, 3.8) is 0 Å². The molecule has 10 aromatic rings. The summed E-state index contributed by atoms with van der Waals surface area (Å²) in [6.07, 6.45) is 12.4. The summed E-state index contributed by atoms with van der Waals surface area (Å²) >= 11 is 10.2. The molecule has 0 radical (unpaired) electrons. The summed E-state index contributed by atoms with van der Waals surface area (Å²) in [6.45, 7) is 12.4. The molecule has 0 aliphatic heterocycles. The van der Waals surface area contributed by atoms with Gasteiger partial charge in [-0.25, -0.2) is 34.5 Å². The van der Waals surface area contributed by atoms with Gasteiger partial charge in [0.15, 0.2) is 10.1 Å². The molecular formula is C77H98BBrClN15O16S5. The number of aromatic nitrogens is 5. The van der Waals surface area contributed by atoms with Crippen molar-refractivity contribution in [1.29, 1.82) is 5.26 Å². The zero-order valence-corrected chi connectivity index (χ0v) is 72.4. The highest BCUT2D eigenvalue weighted by Gasteiger charge is 2.20. The molecule has 0 saturated heterocycles. The summed E-state index contributed by atoms with van der Waals surface area (Å²) in [6, 6.07) is 37.4. The maximum absolute atomic E-state index is 12.1. The Kier molecular flexibility index (Phi) is 46.5. The number of methoxy groups -OCH3 is 5. The van der Waals surface area contributed by atoms with Gasteiger partial charge in [-0.3, -0.25) is 19.2 Å². The van der Waals surface area contributed by atoms with Gasteiger partial charge in [0, 0.05) is 50.8 Å². The number of carboxylic acids is 1. The number of nitrogens with one attached hydrogen (secondary N) is 6. The highest BCUT2D eigenvalue weighted by atomic mass is 79.9. The number of para-hydroxylation sites is 5. The minimum absolute atomic E-state index is 0. The van der Waals surface area contributed by atoms with E-state index in [9.17, 15) is 28.8 Å². The maximum atomic E-state index is 12.1. The van der Waals surface area contributed by atoms with Gasteiger partial charge in [-0.1, -0.05) is 123 Å². The molecule has 5 aromatic carbocycles. The third kappa shape index (κ3) is 39.5. The molecule has 10 rings (SSSR count). The monoisotopic (exact) mass is 1770 g/mol. The van der Waals surface area contributed by atoms with E-state index in [2.05, 4.69) is 72.8 Å². The number of anilines is 5. The number of ether oxygens (including phenoxy) is 7. The Hall–Kier alpha value is -10.7. The van der Waals surface area contributed by atoms with Crippen LogP contribution < -0.4 is 78.2 Å². The van der Waals surface area contributed by atoms with Gasteiger partial charge in [0.2, 0.25) is 17.7 Å². The van der Waals surface area contributed by atoms with Crippen LogP contribution in [-0.2, 0) is 28.7 Å². The van der Waals surface area contributed by atoms with Gasteiger partial charge in [0.05, 0.1) is 88.8 Å². The van der Waals surface area contributed by atoms with Crippen molar-refractivity contribution >= 4 is 158 Å². The van der Waals surface area contributed by atoms with Gasteiger partial charge in [-0.05, 0) is 144 Å². The van der Waals surface area contributed by atoms with E-state index in [0.717, 1.165) is 79.2 Å². The minimum atomic E-state index is -1.47. The molecule has 0 aliphatic carbocycles. The van der Waals surface area contributed by atoms with Gasteiger partial charge in [-0.2, -0.15) is 5.26 Å². The van der Waals surface area contributed by atoms with Crippen LogP contribution in [0.1, 0.15) is 92.9 Å². The Balaban J connectivity index is 0.000000360. The Labute approximate surface area is 709 Å². The van der Waals surface area contributed by atoms with Crippen LogP contribution in [-0.4, -0.2) is 156 Å². The number of thiazole rings is 5. The van der Waals surface area contributed by atoms with Crippen molar-refractivity contribution in [2.24, 2.45) is 5.73 Å². The van der Waals surface area contributed by atoms with Crippen LogP contribution in [0.25, 0.3) is 42.3 Å². The lowest BCUT2D eigenvalue weighted by Crippen LogP contribution is -2.33. The van der Waals surface area contributed by atoms with E-state index in [1.54, 1.807) is 125 Å². The van der Waals surface area contributed by atoms with E-state index in [-0.39, 0.29) is 43.0 Å². The molecule has 0 spiro atoms. The van der Waals surface area contributed by atoms with Crippen LogP contribution in [0.15, 0.2) is 156 Å². The second-order valence-electron chi connectivity index (χ2n) is 25.2. The Morgan fingerprint density at radius 3 is 1.08 bits per heavy atom. The quantitative estimate of drug-likeness (QED) is 0.00938. The number of nitrogens with zero attached hydrogens (tertiary/aromatic N) is 6. The van der Waals surface area contributed by atoms with Crippen molar-refractivity contribution in [2.75, 3.05) is 89.1 Å². The summed E-state index contributed by atoms with van der Waals surface area (Å²) in [5.74, 6) is 2.44. The number of hydrogen-bond acceptors (Lipinski definition) is 30. The number of rotatable bonds is 28. The van der Waals surface area contributed by atoms with Gasteiger partial charge < -0.3 is 97.4 Å². The van der Waals surface area contributed by atoms with E-state index in [0.29, 0.717) is 90.9 Å². The molecule has 0 bridgehead atoms. The largest absolute Gasteiger partial charge is 0.497 e. The Morgan fingerprint density at radius 1 is 0.466 bits per heavy atom. The predicted octanol–water partition coefficient (Wildman–Crippen LogP) is 14.2. The first kappa shape index (κ1) is 99.5. The molecule has 0 aliphatic rings. The molecular weight excluding hydrogens is 1680 g/mol. The third-order valence-corrected chi connectivity index (χ3v) is 19.0. The number of hydrogen-bond donors (Lipinski definition) is 12. The van der Waals surface area contributed by atoms with Crippen LogP contribution in [0.4, 0.5) is 34.6 Å². The van der Waals surface area contributed by atoms with Crippen molar-refractivity contribution in [1.82, 2.24) is 40.9 Å². The van der Waals surface area contributed by atoms with Crippen LogP contribution in [0, 0.1) is 11.5 Å². The minimum Gasteiger partial charge on any atom is -0.497 e. The summed E-state index contributed by atoms with van der Waals surface area (Å²) < 4.78 is 37.0. The molecule has 15 N–H and O–H groups in total. The highest BCUT2D eigenvalue weighted by Crippen LogP contribution is 2.38. The van der Waals surface area contributed by atoms with Gasteiger partial charge >= 0.3 is 25.3 Å². The number of carboxylic acid groups (broad SMARTS) is 1. The molecule has 31 nitrogen and oxygen atoms in total. The zero-order chi connectivity index (χ0) is 84.7. The molecule has 0 unspecified atom stereocenters. The number of nitriles is 1. The molecule has 0 atom stereocenters. The molecule has 5 amide bonds. The van der Waals surface area contributed by atoms with Crippen molar-refractivity contribution in [2.45, 2.75) is 104 Å². The van der Waals surface area contributed by atoms with Crippen molar-refractivity contribution in [3.05, 3.63) is 156 Å². The van der Waals surface area contributed by atoms with Gasteiger partial charge in [-0.15, -0.1) is 12.4 Å². The lowest BCUT2D eigenvalue weighted by atomic mass is 9.80. The van der Waals surface area contributed by atoms with Crippen LogP contribution >= 0.6 is 85.0 Å². The SMILES string of the molecule is CC(C)(C)OC(=O)NCCCC(=O)O.COc1ccccc1-c1ncc(N)s1.COc1ccccc1-c1ncc(NC(=O)CCCN)s1.COc1ccccc1-c1ncc(NC(=O)CCCNC#N)s1.COc1ccccc1-c1ncc(NC(=O)CCCNC(=O)OC(C)(C)C)s1.COc1ccccc1B(O)O.Cl.Nc1cnc(Br)s1. The first-order valence-corrected chi connectivity index (χ1v) is 40.2. The van der Waals surface area contributed by atoms with Crippen molar-refractivity contribution in [3.8, 4) is 77.2 Å². The Morgan fingerprint density at radius 2 is 0.784 bits per heavy atom. The molecule has 5 heterocycles. The third-order valence-electron chi connectivity index (χ3n) is 14.0. The second-order valence-corrected chi connectivity index (χ2v) is 31.7. The Bertz CT molecular complexity index is 4630. The number of halogens is 2. The number of carbonyl (C=O) groups excluding carboxylic acids is 5. The number of nitrogens with two attached hydrogens (primary N) is 3. The maximum Gasteiger partial charge on any atom is 0.492 e. The summed E-state index contributed by atoms with van der Waals surface area (Å²) in [5, 5.41) is 57.2. The fraction of sp³-hybridized carbons (Fsp3) is 0.325. The first-order valence-electron chi connectivity index (χ1n) is 35.3. The molecule has 39 heteroatoms. The molecule has 0 fully saturated rings. The smallest absolute Gasteiger partial charge is 0.492 e. The van der Waals surface area contributed by atoms with Crippen LogP contribution in [0.2, 0.25) is 0 Å². The zero-order valence-electron chi connectivity index (χ0n) is 65.9. The lowest BCUT2D eigenvalue weighted by molar-refractivity contribution is -0.137. The van der Waals surface area contributed by atoms with E-state index in [1.807, 2.05) is 103 Å². The fourth-order valence-corrected chi connectivity index (χ4v) is 13.3. The fourth-order valence-electron chi connectivity index (χ4n) is 8.96. The number of carbonyl (C=O) groups is 6. The van der Waals surface area contributed by atoms with Gasteiger partial charge in [0.1, 0.15) is 85.0 Å². The second kappa shape index (κ2) is 54.2. The summed E-state index contributed by atoms with van der Waals surface area (Å²) in [5.41, 5.74) is 19.3. The topological polar surface area (TPSA) is 466 Å². The van der Waals surface area contributed by atoms with Crippen molar-refractivity contribution < 1.29 is 77.1 Å². The summed E-state index contributed by atoms with van der Waals surface area (Å²) in [4.78, 5) is 89.2.